The molecule has 2 aliphatic rings. The lowest BCUT2D eigenvalue weighted by atomic mass is 9.96. The van der Waals surface area contributed by atoms with E-state index in [1.165, 1.54) is 5.57 Å². The number of nitrogens with zero attached hydrogens (tertiary/aromatic N) is 4. The quantitative estimate of drug-likeness (QED) is 0.518. The van der Waals surface area contributed by atoms with Crippen LogP contribution in [0.25, 0.3) is 5.57 Å². The number of allylic oxidation sites excluding steroid dienone is 2. The number of amides is 1. The third-order valence-corrected chi connectivity index (χ3v) is 6.70. The summed E-state index contributed by atoms with van der Waals surface area (Å²) in [7, 11) is 1.88. The fourth-order valence-electron chi connectivity index (χ4n) is 3.92. The number of carbonyl (C=O) groups is 2. The Bertz CT molecular complexity index is 1060. The van der Waals surface area contributed by atoms with Gasteiger partial charge in [-0.1, -0.05) is 12.2 Å². The van der Waals surface area contributed by atoms with Crippen LogP contribution in [0.4, 0.5) is 10.8 Å². The minimum atomic E-state index is -0.424. The van der Waals surface area contributed by atoms with Crippen molar-refractivity contribution in [3.8, 4) is 0 Å². The largest absolute Gasteiger partial charge is 0.391 e. The molecule has 0 aromatic carbocycles. The molecule has 0 saturated carbocycles. The van der Waals surface area contributed by atoms with Crippen LogP contribution in [0.2, 0.25) is 0 Å². The molecule has 10 heteroatoms. The van der Waals surface area contributed by atoms with E-state index in [0.717, 1.165) is 67.4 Å². The molecule has 1 saturated heterocycles. The van der Waals surface area contributed by atoms with E-state index in [2.05, 4.69) is 37.7 Å². The second kappa shape index (κ2) is 13.9. The van der Waals surface area contributed by atoms with Gasteiger partial charge in [0.1, 0.15) is 5.69 Å². The van der Waals surface area contributed by atoms with Gasteiger partial charge in [-0.2, -0.15) is 0 Å². The summed E-state index contributed by atoms with van der Waals surface area (Å²) in [6, 6.07) is 3.60. The number of nitrogens with one attached hydrogen (secondary N) is 1. The minimum absolute atomic E-state index is 0.124. The number of ether oxygens (including phenoxy) is 1. The predicted octanol–water partition coefficient (Wildman–Crippen LogP) is 3.25. The lowest BCUT2D eigenvalue weighted by Crippen LogP contribution is -2.48. The Morgan fingerprint density at radius 2 is 2.00 bits per heavy atom. The van der Waals surface area contributed by atoms with E-state index in [-0.39, 0.29) is 5.91 Å². The molecule has 0 bridgehead atoms. The number of hydrogen-bond acceptors (Lipinski definition) is 9. The Morgan fingerprint density at radius 3 is 2.58 bits per heavy atom. The Kier molecular flexibility index (Phi) is 10.6. The van der Waals surface area contributed by atoms with Crippen molar-refractivity contribution in [2.75, 3.05) is 56.7 Å². The molecule has 2 N–H and O–H groups in total. The summed E-state index contributed by atoms with van der Waals surface area (Å²) in [5.74, 6) is 0.124. The maximum absolute atomic E-state index is 11.2. The van der Waals surface area contributed by atoms with E-state index in [1.807, 2.05) is 18.0 Å². The van der Waals surface area contributed by atoms with Crippen molar-refractivity contribution in [2.45, 2.75) is 32.8 Å². The van der Waals surface area contributed by atoms with Crippen molar-refractivity contribution in [3.05, 3.63) is 52.8 Å². The summed E-state index contributed by atoms with van der Waals surface area (Å²) in [5.41, 5.74) is 4.77. The third kappa shape index (κ3) is 7.97. The summed E-state index contributed by atoms with van der Waals surface area (Å²) in [4.78, 5) is 34.3. The number of carbonyl (C=O) groups excluding carboxylic acids is 2. The summed E-state index contributed by atoms with van der Waals surface area (Å²) >= 11 is 1.60. The van der Waals surface area contributed by atoms with Gasteiger partial charge in [-0.15, -0.1) is 11.3 Å². The van der Waals surface area contributed by atoms with Crippen LogP contribution >= 0.6 is 11.3 Å². The van der Waals surface area contributed by atoms with Crippen molar-refractivity contribution in [1.82, 2.24) is 14.9 Å². The normalized spacial score (nSPS) is 16.3. The van der Waals surface area contributed by atoms with E-state index in [1.54, 1.807) is 37.4 Å². The van der Waals surface area contributed by atoms with Gasteiger partial charge in [-0.05, 0) is 37.5 Å². The zero-order chi connectivity index (χ0) is 25.9. The number of aliphatic hydroxyl groups excluding tert-OH is 1. The average Bonchev–Trinajstić information content (AvgIpc) is 3.38. The number of piperazine rings is 1. The molecule has 4 rings (SSSR count). The lowest BCUT2D eigenvalue weighted by molar-refractivity contribution is -0.129. The molecule has 0 spiro atoms. The highest BCUT2D eigenvalue weighted by molar-refractivity contribution is 7.13. The Morgan fingerprint density at radius 1 is 1.25 bits per heavy atom. The first kappa shape index (κ1) is 27.5. The number of pyridine rings is 1. The van der Waals surface area contributed by atoms with Gasteiger partial charge in [-0.25, -0.2) is 4.98 Å². The Hall–Kier alpha value is -3.08. The van der Waals surface area contributed by atoms with Gasteiger partial charge in [0.15, 0.2) is 11.4 Å². The summed E-state index contributed by atoms with van der Waals surface area (Å²) in [6.07, 6.45) is 8.52. The molecule has 36 heavy (non-hydrogen) atoms. The maximum atomic E-state index is 11.2. The number of aromatic nitrogens is 2. The van der Waals surface area contributed by atoms with Gasteiger partial charge in [0.2, 0.25) is 5.91 Å². The number of anilines is 2. The molecule has 2 aromatic rings. The molecule has 1 unspecified atom stereocenters. The first-order chi connectivity index (χ1) is 17.4. The highest BCUT2D eigenvalue weighted by atomic mass is 32.1. The van der Waals surface area contributed by atoms with E-state index < -0.39 is 6.10 Å². The van der Waals surface area contributed by atoms with Crippen LogP contribution < -0.4 is 10.2 Å². The number of aliphatic hydroxyl groups is 1. The fraction of sp³-hybridized carbons (Fsp3) is 0.462. The monoisotopic (exact) mass is 513 g/mol. The van der Waals surface area contributed by atoms with Crippen molar-refractivity contribution in [1.29, 1.82) is 0 Å². The van der Waals surface area contributed by atoms with E-state index in [0.29, 0.717) is 18.9 Å². The van der Waals surface area contributed by atoms with Gasteiger partial charge in [0.05, 0.1) is 36.9 Å². The molecular weight excluding hydrogens is 478 g/mol. The van der Waals surface area contributed by atoms with Gasteiger partial charge >= 0.3 is 0 Å². The summed E-state index contributed by atoms with van der Waals surface area (Å²) < 4.78 is 5.52. The first-order valence-corrected chi connectivity index (χ1v) is 13.0. The Labute approximate surface area is 216 Å². The topological polar surface area (TPSA) is 108 Å². The molecule has 1 fully saturated rings. The van der Waals surface area contributed by atoms with Gasteiger partial charge in [-0.3, -0.25) is 14.6 Å². The number of hydrogen-bond donors (Lipinski definition) is 2. The zero-order valence-corrected chi connectivity index (χ0v) is 22.0. The van der Waals surface area contributed by atoms with Crippen LogP contribution in [0, 0.1) is 0 Å². The van der Waals surface area contributed by atoms with Crippen molar-refractivity contribution in [3.63, 3.8) is 0 Å². The van der Waals surface area contributed by atoms with Gasteiger partial charge in [0, 0.05) is 51.1 Å². The molecule has 9 nitrogen and oxygen atoms in total. The van der Waals surface area contributed by atoms with E-state index in [9.17, 15) is 14.7 Å². The van der Waals surface area contributed by atoms with Gasteiger partial charge in [0.25, 0.3) is 0 Å². The highest BCUT2D eigenvalue weighted by Crippen LogP contribution is 2.30. The van der Waals surface area contributed by atoms with Crippen LogP contribution in [0.15, 0.2) is 41.4 Å². The third-order valence-electron chi connectivity index (χ3n) is 5.84. The smallest absolute Gasteiger partial charge is 0.219 e. The van der Waals surface area contributed by atoms with E-state index in [4.69, 9.17) is 4.74 Å². The van der Waals surface area contributed by atoms with E-state index >= 15 is 0 Å². The van der Waals surface area contributed by atoms with Crippen LogP contribution in [0.1, 0.15) is 42.9 Å². The predicted molar refractivity (Wildman–Crippen MR) is 144 cm³/mol. The van der Waals surface area contributed by atoms with Crippen LogP contribution in [0.5, 0.6) is 0 Å². The molecule has 3 heterocycles. The standard InChI is InChI=1S/C14H20N2O2S.C12H15N3O2/c1-10(17)7-18-8-11-5-3-4-6-12(11)13-9-19-14(15-2)16-13;1-10(17)14-4-6-15(7-5-14)12-3-2-11(9-16)13-8-12/h5-6,9-10,17H,3-4,7-8H2,1-2H3,(H,15,16);2-3,8-9H,4-7H2,1H3. The Balaban J connectivity index is 0.000000202. The summed E-state index contributed by atoms with van der Waals surface area (Å²) in [6.45, 7) is 7.31. The average molecular weight is 514 g/mol. The van der Waals surface area contributed by atoms with Crippen LogP contribution in [-0.2, 0) is 9.53 Å². The molecule has 2 aromatic heterocycles. The molecule has 1 aliphatic carbocycles. The molecule has 0 radical (unpaired) electrons. The highest BCUT2D eigenvalue weighted by Gasteiger charge is 2.19. The molecule has 1 atom stereocenters. The molecule has 194 valence electrons. The lowest BCUT2D eigenvalue weighted by Gasteiger charge is -2.35. The number of aldehydes is 1. The second-order valence-corrected chi connectivity index (χ2v) is 9.49. The summed E-state index contributed by atoms with van der Waals surface area (Å²) in [5, 5.41) is 15.3. The minimum Gasteiger partial charge on any atom is -0.391 e. The molecule has 1 amide bonds. The number of thiazole rings is 1. The zero-order valence-electron chi connectivity index (χ0n) is 21.1. The second-order valence-electron chi connectivity index (χ2n) is 8.63. The maximum Gasteiger partial charge on any atom is 0.219 e. The van der Waals surface area contributed by atoms with Crippen LogP contribution in [0.3, 0.4) is 0 Å². The van der Waals surface area contributed by atoms with Crippen molar-refractivity contribution < 1.29 is 19.4 Å². The number of rotatable bonds is 8. The molecular formula is C26H35N5O4S. The first-order valence-electron chi connectivity index (χ1n) is 12.1. The van der Waals surface area contributed by atoms with Crippen LogP contribution in [-0.4, -0.2) is 84.7 Å². The van der Waals surface area contributed by atoms with Crippen molar-refractivity contribution in [2.24, 2.45) is 0 Å². The van der Waals surface area contributed by atoms with Crippen molar-refractivity contribution >= 4 is 39.9 Å². The molecule has 1 aliphatic heterocycles. The fourth-order valence-corrected chi connectivity index (χ4v) is 4.59. The van der Waals surface area contributed by atoms with Gasteiger partial charge < -0.3 is 25.0 Å². The SMILES string of the molecule is CC(=O)N1CCN(c2ccc(C=O)nc2)CC1.CNc1nc(C2=CCCC=C2COCC(C)O)cs1.